The summed E-state index contributed by atoms with van der Waals surface area (Å²) < 4.78 is 0. The summed E-state index contributed by atoms with van der Waals surface area (Å²) in [7, 11) is 0. The van der Waals surface area contributed by atoms with Gasteiger partial charge in [-0.1, -0.05) is 25.0 Å². The molecule has 1 aromatic rings. The fourth-order valence-electron chi connectivity index (χ4n) is 3.72. The Bertz CT molecular complexity index is 692. The fourth-order valence-corrected chi connectivity index (χ4v) is 3.72. The standard InChI is InChI=1S/C18H22N4O2/c23-16(20-10-5-1-2-6-11-20)13-22-15-8-4-3-7-14(15)17-19-9-12-21(17)18(22)24/h3-4,7-8H,1-2,5-6,9-13H2. The van der Waals surface area contributed by atoms with Crippen LogP contribution in [0.2, 0.25) is 0 Å². The van der Waals surface area contributed by atoms with Crippen molar-refractivity contribution in [3.63, 3.8) is 0 Å². The molecule has 0 spiro atoms. The van der Waals surface area contributed by atoms with E-state index >= 15 is 0 Å². The molecule has 0 atom stereocenters. The van der Waals surface area contributed by atoms with Crippen LogP contribution in [0, 0.1) is 0 Å². The molecule has 24 heavy (non-hydrogen) atoms. The van der Waals surface area contributed by atoms with Gasteiger partial charge in [-0.15, -0.1) is 0 Å². The molecule has 0 aliphatic carbocycles. The zero-order valence-electron chi connectivity index (χ0n) is 13.8. The molecule has 0 aromatic heterocycles. The van der Waals surface area contributed by atoms with Gasteiger partial charge in [0.05, 0.1) is 12.2 Å². The Kier molecular flexibility index (Phi) is 3.96. The molecule has 0 radical (unpaired) electrons. The molecular weight excluding hydrogens is 304 g/mol. The van der Waals surface area contributed by atoms with Gasteiger partial charge < -0.3 is 4.90 Å². The van der Waals surface area contributed by atoms with Crippen LogP contribution in [0.15, 0.2) is 29.3 Å². The predicted octanol–water partition coefficient (Wildman–Crippen LogP) is 2.09. The van der Waals surface area contributed by atoms with E-state index in [-0.39, 0.29) is 18.5 Å². The lowest BCUT2D eigenvalue weighted by molar-refractivity contribution is -0.129. The molecule has 6 heteroatoms. The first-order valence-electron chi connectivity index (χ1n) is 8.76. The molecule has 6 nitrogen and oxygen atoms in total. The van der Waals surface area contributed by atoms with Gasteiger partial charge in [0.25, 0.3) is 0 Å². The smallest absolute Gasteiger partial charge is 0.330 e. The normalized spacial score (nSPS) is 20.4. The molecular formula is C18H22N4O2. The number of urea groups is 1. The number of fused-ring (bicyclic) bond motifs is 3. The van der Waals surface area contributed by atoms with Crippen molar-refractivity contribution < 1.29 is 9.59 Å². The summed E-state index contributed by atoms with van der Waals surface area (Å²) in [6.45, 7) is 2.94. The van der Waals surface area contributed by atoms with E-state index in [1.54, 1.807) is 9.80 Å². The van der Waals surface area contributed by atoms with E-state index in [2.05, 4.69) is 4.99 Å². The predicted molar refractivity (Wildman–Crippen MR) is 92.3 cm³/mol. The molecule has 0 saturated carbocycles. The van der Waals surface area contributed by atoms with Gasteiger partial charge >= 0.3 is 6.03 Å². The van der Waals surface area contributed by atoms with Crippen LogP contribution >= 0.6 is 0 Å². The molecule has 3 amide bonds. The number of carbonyl (C=O) groups is 2. The number of amidine groups is 1. The lowest BCUT2D eigenvalue weighted by Crippen LogP contribution is -2.53. The summed E-state index contributed by atoms with van der Waals surface area (Å²) in [4.78, 5) is 35.3. The molecule has 3 aliphatic rings. The van der Waals surface area contributed by atoms with E-state index in [4.69, 9.17) is 0 Å². The summed E-state index contributed by atoms with van der Waals surface area (Å²) in [5, 5.41) is 0. The van der Waals surface area contributed by atoms with Gasteiger partial charge in [-0.2, -0.15) is 0 Å². The van der Waals surface area contributed by atoms with Crippen LogP contribution in [0.1, 0.15) is 31.2 Å². The lowest BCUT2D eigenvalue weighted by atomic mass is 10.1. The highest BCUT2D eigenvalue weighted by Crippen LogP contribution is 2.30. The van der Waals surface area contributed by atoms with E-state index < -0.39 is 0 Å². The maximum Gasteiger partial charge on any atom is 0.330 e. The maximum atomic E-state index is 12.9. The van der Waals surface area contributed by atoms with Crippen LogP contribution in [0.3, 0.4) is 0 Å². The van der Waals surface area contributed by atoms with Gasteiger partial charge in [-0.3, -0.25) is 19.6 Å². The Hall–Kier alpha value is -2.37. The van der Waals surface area contributed by atoms with Gasteiger partial charge in [0.2, 0.25) is 5.91 Å². The minimum atomic E-state index is -0.131. The molecule has 3 aliphatic heterocycles. The Morgan fingerprint density at radius 3 is 2.58 bits per heavy atom. The monoisotopic (exact) mass is 326 g/mol. The molecule has 126 valence electrons. The molecule has 0 bridgehead atoms. The summed E-state index contributed by atoms with van der Waals surface area (Å²) in [6, 6.07) is 7.60. The zero-order chi connectivity index (χ0) is 16.5. The van der Waals surface area contributed by atoms with Crippen molar-refractivity contribution in [1.82, 2.24) is 9.80 Å². The van der Waals surface area contributed by atoms with Crippen LogP contribution in [0.4, 0.5) is 10.5 Å². The maximum absolute atomic E-state index is 12.9. The van der Waals surface area contributed by atoms with Crippen molar-refractivity contribution in [2.75, 3.05) is 37.6 Å². The molecule has 4 rings (SSSR count). The Balaban J connectivity index is 1.60. The molecule has 3 heterocycles. The molecule has 0 N–H and O–H groups in total. The van der Waals surface area contributed by atoms with E-state index in [9.17, 15) is 9.59 Å². The Morgan fingerprint density at radius 1 is 1.04 bits per heavy atom. The van der Waals surface area contributed by atoms with Crippen molar-refractivity contribution in [3.05, 3.63) is 29.8 Å². The fraction of sp³-hybridized carbons (Fsp3) is 0.500. The molecule has 0 unspecified atom stereocenters. The topological polar surface area (TPSA) is 56.2 Å². The third-order valence-electron chi connectivity index (χ3n) is 4.99. The lowest BCUT2D eigenvalue weighted by Gasteiger charge is -2.35. The third kappa shape index (κ3) is 2.56. The highest BCUT2D eigenvalue weighted by molar-refractivity contribution is 6.20. The van der Waals surface area contributed by atoms with Crippen molar-refractivity contribution in [2.45, 2.75) is 25.7 Å². The highest BCUT2D eigenvalue weighted by atomic mass is 16.2. The minimum absolute atomic E-state index is 0.0413. The number of hydrogen-bond donors (Lipinski definition) is 0. The first kappa shape index (κ1) is 15.2. The van der Waals surface area contributed by atoms with Gasteiger partial charge in [0, 0.05) is 25.2 Å². The summed E-state index contributed by atoms with van der Waals surface area (Å²) >= 11 is 0. The third-order valence-corrected chi connectivity index (χ3v) is 4.99. The van der Waals surface area contributed by atoms with Crippen LogP contribution in [-0.4, -0.2) is 60.3 Å². The van der Waals surface area contributed by atoms with Gasteiger partial charge in [-0.25, -0.2) is 4.79 Å². The number of rotatable bonds is 2. The van der Waals surface area contributed by atoms with Crippen molar-refractivity contribution in [3.8, 4) is 0 Å². The molecule has 1 fully saturated rings. The highest BCUT2D eigenvalue weighted by Gasteiger charge is 2.38. The number of amides is 3. The summed E-state index contributed by atoms with van der Waals surface area (Å²) in [6.07, 6.45) is 4.48. The molecule has 1 aromatic carbocycles. The summed E-state index contributed by atoms with van der Waals surface area (Å²) in [5.41, 5.74) is 1.74. The van der Waals surface area contributed by atoms with Gasteiger partial charge in [-0.05, 0) is 25.0 Å². The van der Waals surface area contributed by atoms with Crippen molar-refractivity contribution >= 4 is 23.5 Å². The van der Waals surface area contributed by atoms with E-state index in [1.807, 2.05) is 29.2 Å². The van der Waals surface area contributed by atoms with E-state index in [0.717, 1.165) is 43.0 Å². The number of nitrogens with zero attached hydrogens (tertiary/aromatic N) is 4. The van der Waals surface area contributed by atoms with Gasteiger partial charge in [0.1, 0.15) is 12.4 Å². The van der Waals surface area contributed by atoms with E-state index in [1.165, 1.54) is 12.8 Å². The second-order valence-corrected chi connectivity index (χ2v) is 6.54. The SMILES string of the molecule is O=C(CN1C(=O)N2CCN=C2c2ccccc21)N1CCCCCC1. The van der Waals surface area contributed by atoms with Crippen molar-refractivity contribution in [2.24, 2.45) is 4.99 Å². The van der Waals surface area contributed by atoms with Crippen LogP contribution in [0.5, 0.6) is 0 Å². The number of anilines is 1. The number of para-hydroxylation sites is 1. The Morgan fingerprint density at radius 2 is 1.79 bits per heavy atom. The van der Waals surface area contributed by atoms with E-state index in [0.29, 0.717) is 13.1 Å². The first-order chi connectivity index (χ1) is 11.8. The molecule has 1 saturated heterocycles. The second kappa shape index (κ2) is 6.26. The number of aliphatic imine (C=N–C) groups is 1. The minimum Gasteiger partial charge on any atom is -0.341 e. The number of benzene rings is 1. The average molecular weight is 326 g/mol. The zero-order valence-corrected chi connectivity index (χ0v) is 13.8. The first-order valence-corrected chi connectivity index (χ1v) is 8.76. The largest absolute Gasteiger partial charge is 0.341 e. The average Bonchev–Trinajstić information content (AvgIpc) is 2.94. The van der Waals surface area contributed by atoms with Gasteiger partial charge in [0.15, 0.2) is 0 Å². The summed E-state index contributed by atoms with van der Waals surface area (Å²) in [5.74, 6) is 0.786. The number of hydrogen-bond acceptors (Lipinski definition) is 3. The number of likely N-dealkylation sites (tertiary alicyclic amines) is 1. The van der Waals surface area contributed by atoms with Crippen LogP contribution in [-0.2, 0) is 4.79 Å². The van der Waals surface area contributed by atoms with Crippen LogP contribution < -0.4 is 4.90 Å². The quantitative estimate of drug-likeness (QED) is 0.835. The number of carbonyl (C=O) groups excluding carboxylic acids is 2. The second-order valence-electron chi connectivity index (χ2n) is 6.54. The van der Waals surface area contributed by atoms with Crippen molar-refractivity contribution in [1.29, 1.82) is 0 Å². The van der Waals surface area contributed by atoms with Crippen LogP contribution in [0.25, 0.3) is 0 Å². The Labute approximate surface area is 141 Å².